The molecule has 2 aliphatic rings. The molecule has 1 heterocycles. The number of aryl methyl sites for hydroxylation is 1. The Kier molecular flexibility index (Phi) is 4.48. The van der Waals surface area contributed by atoms with Gasteiger partial charge in [0.05, 0.1) is 19.8 Å². The Bertz CT molecular complexity index is 490. The van der Waals surface area contributed by atoms with Crippen molar-refractivity contribution in [2.75, 3.05) is 26.8 Å². The minimum absolute atomic E-state index is 0.0844. The molecule has 1 aliphatic carbocycles. The molecular weight excluding hydrogens is 264 g/mol. The van der Waals surface area contributed by atoms with Crippen molar-refractivity contribution in [1.29, 1.82) is 0 Å². The quantitative estimate of drug-likeness (QED) is 0.926. The van der Waals surface area contributed by atoms with Gasteiger partial charge in [0.15, 0.2) is 0 Å². The number of hydrogen-bond acceptors (Lipinski definition) is 4. The highest BCUT2D eigenvalue weighted by atomic mass is 16.5. The van der Waals surface area contributed by atoms with E-state index in [1.165, 1.54) is 30.4 Å². The van der Waals surface area contributed by atoms with Gasteiger partial charge in [-0.2, -0.15) is 0 Å². The Hall–Kier alpha value is -1.10. The Labute approximate surface area is 127 Å². The highest BCUT2D eigenvalue weighted by molar-refractivity contribution is 5.39. The van der Waals surface area contributed by atoms with Gasteiger partial charge >= 0.3 is 0 Å². The summed E-state index contributed by atoms with van der Waals surface area (Å²) in [7, 11) is 1.74. The van der Waals surface area contributed by atoms with Gasteiger partial charge in [-0.15, -0.1) is 0 Å². The van der Waals surface area contributed by atoms with Gasteiger partial charge in [-0.05, 0) is 49.4 Å². The maximum atomic E-state index is 6.03. The summed E-state index contributed by atoms with van der Waals surface area (Å²) >= 11 is 0. The molecule has 1 fully saturated rings. The van der Waals surface area contributed by atoms with Crippen molar-refractivity contribution in [3.63, 3.8) is 0 Å². The van der Waals surface area contributed by atoms with E-state index >= 15 is 0 Å². The van der Waals surface area contributed by atoms with Crippen LogP contribution in [0.5, 0.6) is 5.75 Å². The van der Waals surface area contributed by atoms with E-state index in [-0.39, 0.29) is 12.1 Å². The Balaban J connectivity index is 1.83. The number of rotatable bonds is 3. The van der Waals surface area contributed by atoms with E-state index in [1.807, 2.05) is 6.92 Å². The van der Waals surface area contributed by atoms with Crippen LogP contribution in [0.1, 0.15) is 36.9 Å². The summed E-state index contributed by atoms with van der Waals surface area (Å²) in [5.41, 5.74) is 8.93. The molecule has 0 saturated carbocycles. The van der Waals surface area contributed by atoms with Crippen LogP contribution in [0.4, 0.5) is 0 Å². The first kappa shape index (κ1) is 14.8. The zero-order chi connectivity index (χ0) is 14.8. The molecular formula is C17H26N2O2. The fourth-order valence-electron chi connectivity index (χ4n) is 3.56. The lowest BCUT2D eigenvalue weighted by molar-refractivity contribution is -0.0543. The third kappa shape index (κ3) is 3.07. The van der Waals surface area contributed by atoms with Crippen LogP contribution >= 0.6 is 0 Å². The number of ether oxygens (including phenoxy) is 2. The molecule has 1 aromatic rings. The normalized spacial score (nSPS) is 28.0. The van der Waals surface area contributed by atoms with Crippen LogP contribution in [0, 0.1) is 0 Å². The maximum absolute atomic E-state index is 6.03. The molecule has 2 N–H and O–H groups in total. The molecule has 1 saturated heterocycles. The summed E-state index contributed by atoms with van der Waals surface area (Å²) in [6, 6.07) is 7.08. The first-order valence-electron chi connectivity index (χ1n) is 7.97. The lowest BCUT2D eigenvalue weighted by Crippen LogP contribution is -2.50. The van der Waals surface area contributed by atoms with Gasteiger partial charge in [0, 0.05) is 25.2 Å². The predicted octanol–water partition coefficient (Wildman–Crippen LogP) is 2.12. The summed E-state index contributed by atoms with van der Waals surface area (Å²) in [4.78, 5) is 2.55. The number of methoxy groups -OCH3 is 1. The molecule has 1 aromatic carbocycles. The summed E-state index contributed by atoms with van der Waals surface area (Å²) in [6.07, 6.45) is 3.79. The Morgan fingerprint density at radius 3 is 3.05 bits per heavy atom. The van der Waals surface area contributed by atoms with Gasteiger partial charge in [0.1, 0.15) is 5.75 Å². The van der Waals surface area contributed by atoms with Gasteiger partial charge in [-0.25, -0.2) is 0 Å². The number of nitrogens with two attached hydrogens (primary N) is 1. The summed E-state index contributed by atoms with van der Waals surface area (Å²) in [6.45, 7) is 4.73. The first-order valence-corrected chi connectivity index (χ1v) is 7.97. The minimum Gasteiger partial charge on any atom is -0.497 e. The lowest BCUT2D eigenvalue weighted by Gasteiger charge is -2.41. The number of benzene rings is 1. The molecule has 4 nitrogen and oxygen atoms in total. The molecule has 0 spiro atoms. The monoisotopic (exact) mass is 290 g/mol. The van der Waals surface area contributed by atoms with Crippen molar-refractivity contribution >= 4 is 0 Å². The van der Waals surface area contributed by atoms with Crippen LogP contribution in [-0.4, -0.2) is 43.9 Å². The second kappa shape index (κ2) is 6.34. The fraction of sp³-hybridized carbons (Fsp3) is 0.647. The second-order valence-electron chi connectivity index (χ2n) is 6.24. The van der Waals surface area contributed by atoms with Crippen molar-refractivity contribution in [1.82, 2.24) is 4.90 Å². The van der Waals surface area contributed by atoms with E-state index in [1.54, 1.807) is 7.11 Å². The molecule has 0 bridgehead atoms. The van der Waals surface area contributed by atoms with Crippen molar-refractivity contribution in [3.8, 4) is 5.75 Å². The number of hydrogen-bond donors (Lipinski definition) is 1. The van der Waals surface area contributed by atoms with Crippen LogP contribution in [0.15, 0.2) is 18.2 Å². The molecule has 3 unspecified atom stereocenters. The smallest absolute Gasteiger partial charge is 0.119 e. The topological polar surface area (TPSA) is 47.7 Å². The standard InChI is InChI=1S/C17H26N2O2/c1-12(18)17-11-19(8-9-21-17)16-5-3-4-13-6-7-14(20-2)10-15(13)16/h6-7,10,12,16-17H,3-5,8-9,11,18H2,1-2H3. The van der Waals surface area contributed by atoms with E-state index in [0.717, 1.165) is 25.4 Å². The van der Waals surface area contributed by atoms with Crippen molar-refractivity contribution < 1.29 is 9.47 Å². The van der Waals surface area contributed by atoms with E-state index in [4.69, 9.17) is 15.2 Å². The molecule has 116 valence electrons. The van der Waals surface area contributed by atoms with Crippen molar-refractivity contribution in [2.24, 2.45) is 5.73 Å². The van der Waals surface area contributed by atoms with E-state index < -0.39 is 0 Å². The second-order valence-corrected chi connectivity index (χ2v) is 6.24. The van der Waals surface area contributed by atoms with Crippen molar-refractivity contribution in [3.05, 3.63) is 29.3 Å². The van der Waals surface area contributed by atoms with E-state index in [9.17, 15) is 0 Å². The van der Waals surface area contributed by atoms with Crippen LogP contribution in [0.25, 0.3) is 0 Å². The maximum Gasteiger partial charge on any atom is 0.119 e. The predicted molar refractivity (Wildman–Crippen MR) is 83.6 cm³/mol. The zero-order valence-corrected chi connectivity index (χ0v) is 13.0. The average Bonchev–Trinajstić information content (AvgIpc) is 2.53. The largest absolute Gasteiger partial charge is 0.497 e. The fourth-order valence-corrected chi connectivity index (χ4v) is 3.56. The zero-order valence-electron chi connectivity index (χ0n) is 13.0. The molecule has 3 atom stereocenters. The number of morpholine rings is 1. The molecule has 3 rings (SSSR count). The third-order valence-corrected chi connectivity index (χ3v) is 4.79. The third-order valence-electron chi connectivity index (χ3n) is 4.79. The SMILES string of the molecule is COc1ccc2c(c1)C(N1CCOC(C(C)N)C1)CCC2. The van der Waals surface area contributed by atoms with Gasteiger partial charge in [-0.1, -0.05) is 6.07 Å². The van der Waals surface area contributed by atoms with Gasteiger partial charge < -0.3 is 15.2 Å². The van der Waals surface area contributed by atoms with Gasteiger partial charge in [-0.3, -0.25) is 4.90 Å². The molecule has 1 aliphatic heterocycles. The highest BCUT2D eigenvalue weighted by Gasteiger charge is 2.31. The average molecular weight is 290 g/mol. The number of fused-ring (bicyclic) bond motifs is 1. The van der Waals surface area contributed by atoms with E-state index in [2.05, 4.69) is 23.1 Å². The molecule has 0 aromatic heterocycles. The molecule has 0 radical (unpaired) electrons. The van der Waals surface area contributed by atoms with Crippen molar-refractivity contribution in [2.45, 2.75) is 44.4 Å². The van der Waals surface area contributed by atoms with Gasteiger partial charge in [0.2, 0.25) is 0 Å². The lowest BCUT2D eigenvalue weighted by atomic mass is 9.86. The van der Waals surface area contributed by atoms with E-state index in [0.29, 0.717) is 6.04 Å². The van der Waals surface area contributed by atoms with Crippen LogP contribution < -0.4 is 10.5 Å². The van der Waals surface area contributed by atoms with Crippen LogP contribution in [0.3, 0.4) is 0 Å². The summed E-state index contributed by atoms with van der Waals surface area (Å²) in [5, 5.41) is 0. The Morgan fingerprint density at radius 2 is 2.29 bits per heavy atom. The Morgan fingerprint density at radius 1 is 1.43 bits per heavy atom. The van der Waals surface area contributed by atoms with Crippen LogP contribution in [0.2, 0.25) is 0 Å². The van der Waals surface area contributed by atoms with Crippen LogP contribution in [-0.2, 0) is 11.2 Å². The number of nitrogens with zero attached hydrogens (tertiary/aromatic N) is 1. The summed E-state index contributed by atoms with van der Waals surface area (Å²) in [5.74, 6) is 0.956. The first-order chi connectivity index (χ1) is 10.2. The molecule has 4 heteroatoms. The highest BCUT2D eigenvalue weighted by Crippen LogP contribution is 2.37. The summed E-state index contributed by atoms with van der Waals surface area (Å²) < 4.78 is 11.2. The molecule has 0 amide bonds. The van der Waals surface area contributed by atoms with Gasteiger partial charge in [0.25, 0.3) is 0 Å². The molecule has 21 heavy (non-hydrogen) atoms. The minimum atomic E-state index is 0.0844.